The molecular formula is C28H26F3N5O6. The number of aromatic amines is 1. The Morgan fingerprint density at radius 1 is 1.05 bits per heavy atom. The molecule has 1 heterocycles. The highest BCUT2D eigenvalue weighted by molar-refractivity contribution is 6.22. The zero-order valence-electron chi connectivity index (χ0n) is 22.1. The molecule has 42 heavy (non-hydrogen) atoms. The quantitative estimate of drug-likeness (QED) is 0.112. The van der Waals surface area contributed by atoms with Gasteiger partial charge in [0.25, 0.3) is 5.69 Å². The molecule has 4 aromatic rings. The van der Waals surface area contributed by atoms with Crippen molar-refractivity contribution in [3.05, 3.63) is 99.1 Å². The number of H-pyrrole nitrogens is 1. The summed E-state index contributed by atoms with van der Waals surface area (Å²) in [5.74, 6) is -3.02. The minimum absolute atomic E-state index is 0.0890. The molecule has 0 aliphatic heterocycles. The number of nitrogens with two attached hydrogens (primary N) is 1. The summed E-state index contributed by atoms with van der Waals surface area (Å²) in [5, 5.41) is 32.6. The smallest absolute Gasteiger partial charge is 0.490 e. The SMILES string of the molecule is CC(=O)NCc1ccc(C(=Nc2ccc(CCN)cc2)c2c(O)[nH]c3ccc([N+](=O)[O-])cc23)cc1.O=C(O)C(F)(F)F. The molecule has 0 bridgehead atoms. The summed E-state index contributed by atoms with van der Waals surface area (Å²) in [5.41, 5.74) is 10.3. The average Bonchev–Trinajstić information content (AvgIpc) is 3.26. The molecule has 3 aromatic carbocycles. The first kappa shape index (κ1) is 31.3. The van der Waals surface area contributed by atoms with Crippen LogP contribution < -0.4 is 11.1 Å². The molecule has 0 aliphatic rings. The predicted octanol–water partition coefficient (Wildman–Crippen LogP) is 4.72. The first-order chi connectivity index (χ1) is 19.8. The van der Waals surface area contributed by atoms with Crippen LogP contribution in [-0.2, 0) is 22.6 Å². The van der Waals surface area contributed by atoms with Gasteiger partial charge >= 0.3 is 12.1 Å². The first-order valence-corrected chi connectivity index (χ1v) is 12.3. The van der Waals surface area contributed by atoms with Gasteiger partial charge in [-0.05, 0) is 42.3 Å². The Hall–Kier alpha value is -5.24. The molecule has 11 nitrogen and oxygen atoms in total. The normalized spacial score (nSPS) is 11.5. The highest BCUT2D eigenvalue weighted by atomic mass is 19.4. The van der Waals surface area contributed by atoms with E-state index in [4.69, 9.17) is 20.6 Å². The maximum atomic E-state index is 11.4. The molecule has 0 unspecified atom stereocenters. The highest BCUT2D eigenvalue weighted by Gasteiger charge is 2.38. The number of amides is 1. The van der Waals surface area contributed by atoms with Crippen molar-refractivity contribution >= 4 is 39.9 Å². The predicted molar refractivity (Wildman–Crippen MR) is 149 cm³/mol. The van der Waals surface area contributed by atoms with Gasteiger partial charge in [0, 0.05) is 42.1 Å². The molecule has 0 saturated heterocycles. The van der Waals surface area contributed by atoms with Crippen molar-refractivity contribution in [3.63, 3.8) is 0 Å². The number of aliphatic imine (C=N–C) groups is 1. The summed E-state index contributed by atoms with van der Waals surface area (Å²) in [7, 11) is 0. The molecule has 0 saturated carbocycles. The zero-order valence-corrected chi connectivity index (χ0v) is 22.1. The summed E-state index contributed by atoms with van der Waals surface area (Å²) < 4.78 is 31.7. The molecule has 1 aromatic heterocycles. The van der Waals surface area contributed by atoms with Gasteiger partial charge in [0.1, 0.15) is 0 Å². The van der Waals surface area contributed by atoms with E-state index >= 15 is 0 Å². The van der Waals surface area contributed by atoms with Gasteiger partial charge in [-0.2, -0.15) is 13.2 Å². The third kappa shape index (κ3) is 8.14. The van der Waals surface area contributed by atoms with Crippen LogP contribution >= 0.6 is 0 Å². The summed E-state index contributed by atoms with van der Waals surface area (Å²) in [6.45, 7) is 2.38. The second-order valence-corrected chi connectivity index (χ2v) is 8.91. The van der Waals surface area contributed by atoms with Crippen molar-refractivity contribution < 1.29 is 37.9 Å². The fourth-order valence-corrected chi connectivity index (χ4v) is 3.82. The number of rotatable bonds is 8. The molecule has 1 amide bonds. The number of alkyl halides is 3. The highest BCUT2D eigenvalue weighted by Crippen LogP contribution is 2.33. The van der Waals surface area contributed by atoms with Crippen molar-refractivity contribution in [1.29, 1.82) is 0 Å². The molecular weight excluding hydrogens is 559 g/mol. The fourth-order valence-electron chi connectivity index (χ4n) is 3.82. The van der Waals surface area contributed by atoms with E-state index in [1.54, 1.807) is 6.07 Å². The summed E-state index contributed by atoms with van der Waals surface area (Å²) in [6.07, 6.45) is -4.33. The number of hydrogen-bond donors (Lipinski definition) is 5. The second kappa shape index (κ2) is 13.4. The Kier molecular flexibility index (Phi) is 9.99. The van der Waals surface area contributed by atoms with Gasteiger partial charge in [0.15, 0.2) is 5.88 Å². The molecule has 6 N–H and O–H groups in total. The Labute approximate surface area is 236 Å². The van der Waals surface area contributed by atoms with Gasteiger partial charge in [0.05, 0.1) is 21.9 Å². The third-order valence-electron chi connectivity index (χ3n) is 5.83. The lowest BCUT2D eigenvalue weighted by Crippen LogP contribution is -2.21. The Morgan fingerprint density at radius 3 is 2.17 bits per heavy atom. The van der Waals surface area contributed by atoms with Gasteiger partial charge in [-0.25, -0.2) is 9.79 Å². The van der Waals surface area contributed by atoms with E-state index in [1.807, 2.05) is 48.5 Å². The van der Waals surface area contributed by atoms with Crippen LogP contribution in [0.5, 0.6) is 5.88 Å². The Balaban J connectivity index is 0.000000616. The Bertz CT molecular complexity index is 1610. The number of non-ortho nitro benzene ring substituents is 1. The van der Waals surface area contributed by atoms with Crippen LogP contribution in [0.3, 0.4) is 0 Å². The van der Waals surface area contributed by atoms with Crippen LogP contribution in [0.4, 0.5) is 24.5 Å². The number of hydrogen-bond acceptors (Lipinski definition) is 7. The van der Waals surface area contributed by atoms with Crippen molar-refractivity contribution in [2.75, 3.05) is 6.54 Å². The van der Waals surface area contributed by atoms with Crippen LogP contribution in [0.15, 0.2) is 71.7 Å². The number of carbonyl (C=O) groups excluding carboxylic acids is 1. The zero-order chi connectivity index (χ0) is 31.0. The van der Waals surface area contributed by atoms with E-state index < -0.39 is 17.1 Å². The van der Waals surface area contributed by atoms with Gasteiger partial charge in [-0.3, -0.25) is 14.9 Å². The summed E-state index contributed by atoms with van der Waals surface area (Å²) in [4.78, 5) is 38.8. The van der Waals surface area contributed by atoms with E-state index in [0.717, 1.165) is 17.5 Å². The number of aliphatic carboxylic acids is 1. The van der Waals surface area contributed by atoms with Crippen molar-refractivity contribution in [2.24, 2.45) is 10.7 Å². The number of carboxylic acids is 1. The minimum atomic E-state index is -5.08. The molecule has 0 spiro atoms. The van der Waals surface area contributed by atoms with Crippen molar-refractivity contribution in [3.8, 4) is 5.88 Å². The summed E-state index contributed by atoms with van der Waals surface area (Å²) >= 11 is 0. The minimum Gasteiger partial charge on any atom is -0.494 e. The number of halogens is 3. The number of fused-ring (bicyclic) bond motifs is 1. The van der Waals surface area contributed by atoms with E-state index in [2.05, 4.69) is 10.3 Å². The number of carboxylic acid groups (broad SMARTS) is 1. The Morgan fingerprint density at radius 2 is 1.64 bits per heavy atom. The van der Waals surface area contributed by atoms with E-state index in [0.29, 0.717) is 46.5 Å². The van der Waals surface area contributed by atoms with E-state index in [1.165, 1.54) is 19.1 Å². The van der Waals surface area contributed by atoms with Gasteiger partial charge in [-0.15, -0.1) is 0 Å². The largest absolute Gasteiger partial charge is 0.494 e. The molecule has 0 atom stereocenters. The first-order valence-electron chi connectivity index (χ1n) is 12.3. The number of carbonyl (C=O) groups is 2. The topological polar surface area (TPSA) is 184 Å². The van der Waals surface area contributed by atoms with Crippen LogP contribution in [0.25, 0.3) is 10.9 Å². The van der Waals surface area contributed by atoms with Gasteiger partial charge < -0.3 is 26.2 Å². The number of benzene rings is 3. The fraction of sp³-hybridized carbons (Fsp3) is 0.179. The maximum Gasteiger partial charge on any atom is 0.490 e. The number of aromatic hydroxyl groups is 1. The standard InChI is InChI=1S/C26H25N5O4.C2HF3O2/c1-16(32)28-15-18-2-6-19(7-3-18)25(29-20-8-4-17(5-9-20)12-13-27)24-22-14-21(31(34)35)10-11-23(22)30-26(24)33;3-2(4,5)1(6)7/h2-11,14,30,33H,12-13,15,27H2,1H3,(H,28,32);(H,6,7). The van der Waals surface area contributed by atoms with Crippen LogP contribution in [0, 0.1) is 10.1 Å². The van der Waals surface area contributed by atoms with Crippen LogP contribution in [0.2, 0.25) is 0 Å². The van der Waals surface area contributed by atoms with Gasteiger partial charge in [-0.1, -0.05) is 36.4 Å². The molecule has 220 valence electrons. The molecule has 4 rings (SSSR count). The number of nitrogens with zero attached hydrogens (tertiary/aromatic N) is 2. The lowest BCUT2D eigenvalue weighted by molar-refractivity contribution is -0.384. The second-order valence-electron chi connectivity index (χ2n) is 8.91. The number of nitro benzene ring substituents is 1. The monoisotopic (exact) mass is 585 g/mol. The van der Waals surface area contributed by atoms with Crippen molar-refractivity contribution in [1.82, 2.24) is 10.3 Å². The summed E-state index contributed by atoms with van der Waals surface area (Å²) in [6, 6.07) is 19.4. The molecule has 14 heteroatoms. The molecule has 0 fully saturated rings. The van der Waals surface area contributed by atoms with E-state index in [9.17, 15) is 33.2 Å². The average molecular weight is 586 g/mol. The lowest BCUT2D eigenvalue weighted by atomic mass is 9.99. The van der Waals surface area contributed by atoms with E-state index in [-0.39, 0.29) is 17.5 Å². The number of aromatic nitrogens is 1. The van der Waals surface area contributed by atoms with Crippen LogP contribution in [-0.4, -0.2) is 50.4 Å². The van der Waals surface area contributed by atoms with Crippen molar-refractivity contribution in [2.45, 2.75) is 26.1 Å². The maximum absolute atomic E-state index is 11.4. The molecule has 0 radical (unpaired) electrons. The number of nitrogens with one attached hydrogen (secondary N) is 2. The third-order valence-corrected chi connectivity index (χ3v) is 5.83. The lowest BCUT2D eigenvalue weighted by Gasteiger charge is -2.10. The van der Waals surface area contributed by atoms with Gasteiger partial charge in [0.2, 0.25) is 5.91 Å². The number of nitro groups is 1. The van der Waals surface area contributed by atoms with Crippen LogP contribution in [0.1, 0.15) is 29.2 Å². The molecule has 0 aliphatic carbocycles.